The molecule has 5 rings (SSSR count). The second-order valence-corrected chi connectivity index (χ2v) is 8.32. The predicted molar refractivity (Wildman–Crippen MR) is 105 cm³/mol. The number of imidazole rings is 1. The summed E-state index contributed by atoms with van der Waals surface area (Å²) < 4.78 is 28.6. The fraction of sp³-hybridized carbons (Fsp3) is 0.238. The summed E-state index contributed by atoms with van der Waals surface area (Å²) in [5.74, 6) is -0.196. The average molecular weight is 397 g/mol. The second-order valence-electron chi connectivity index (χ2n) is 7.24. The summed E-state index contributed by atoms with van der Waals surface area (Å²) >= 11 is 1.17. The standard InChI is InChI=1S/C21H17F2N3OS/c1-10(19-18(23)12-7-6-11(22)8-17(12)28-19)24-21(27)14-9-13(14)20-25-15-4-2-3-5-16(15)26-20/h2-8,10,13-14H,9H2,1H3,(H,24,27)(H,25,26)/t10-,13+,14+/m1/s1. The molecule has 0 radical (unpaired) electrons. The molecule has 0 spiro atoms. The van der Waals surface area contributed by atoms with Crippen LogP contribution in [0.5, 0.6) is 0 Å². The third kappa shape index (κ3) is 2.86. The van der Waals surface area contributed by atoms with Crippen LogP contribution in [0.1, 0.15) is 36.0 Å². The molecule has 0 bridgehead atoms. The predicted octanol–water partition coefficient (Wildman–Crippen LogP) is 5.04. The SMILES string of the molecule is C[C@@H](NC(=O)[C@H]1C[C@@H]1c1nc2ccccc2[nH]1)c1sc2cc(F)ccc2c1F. The van der Waals surface area contributed by atoms with Crippen molar-refractivity contribution in [2.24, 2.45) is 5.92 Å². The van der Waals surface area contributed by atoms with Crippen LogP contribution in [0, 0.1) is 17.6 Å². The third-order valence-corrected chi connectivity index (χ3v) is 6.56. The van der Waals surface area contributed by atoms with Crippen molar-refractivity contribution in [2.75, 3.05) is 0 Å². The highest BCUT2D eigenvalue weighted by atomic mass is 32.1. The van der Waals surface area contributed by atoms with Gasteiger partial charge in [-0.1, -0.05) is 12.1 Å². The number of carbonyl (C=O) groups excluding carboxylic acids is 1. The summed E-state index contributed by atoms with van der Waals surface area (Å²) in [5, 5.41) is 3.29. The number of rotatable bonds is 4. The van der Waals surface area contributed by atoms with Crippen LogP contribution in [0.4, 0.5) is 8.78 Å². The normalized spacial score (nSPS) is 19.8. The van der Waals surface area contributed by atoms with E-state index in [0.29, 0.717) is 15.0 Å². The maximum atomic E-state index is 14.7. The Kier molecular flexibility index (Phi) is 3.94. The first-order chi connectivity index (χ1) is 13.5. The minimum atomic E-state index is -0.482. The number of H-pyrrole nitrogens is 1. The lowest BCUT2D eigenvalue weighted by Gasteiger charge is -2.12. The first-order valence-electron chi connectivity index (χ1n) is 9.13. The number of benzene rings is 2. The Morgan fingerprint density at radius 3 is 2.93 bits per heavy atom. The van der Waals surface area contributed by atoms with Crippen LogP contribution in [0.15, 0.2) is 42.5 Å². The lowest BCUT2D eigenvalue weighted by molar-refractivity contribution is -0.123. The van der Waals surface area contributed by atoms with E-state index in [9.17, 15) is 13.6 Å². The molecule has 1 aliphatic carbocycles. The van der Waals surface area contributed by atoms with Crippen molar-refractivity contribution in [1.82, 2.24) is 15.3 Å². The van der Waals surface area contributed by atoms with Crippen LogP contribution in [0.3, 0.4) is 0 Å². The van der Waals surface area contributed by atoms with Gasteiger partial charge in [0.1, 0.15) is 17.5 Å². The average Bonchev–Trinajstić information content (AvgIpc) is 3.26. The fourth-order valence-corrected chi connectivity index (χ4v) is 4.77. The quantitative estimate of drug-likeness (QED) is 0.507. The highest BCUT2D eigenvalue weighted by molar-refractivity contribution is 7.19. The zero-order chi connectivity index (χ0) is 19.4. The maximum absolute atomic E-state index is 14.7. The zero-order valence-electron chi connectivity index (χ0n) is 15.0. The Morgan fingerprint density at radius 2 is 2.11 bits per heavy atom. The van der Waals surface area contributed by atoms with Crippen molar-refractivity contribution in [3.05, 3.63) is 64.8 Å². The van der Waals surface area contributed by atoms with Gasteiger partial charge >= 0.3 is 0 Å². The molecule has 0 unspecified atom stereocenters. The van der Waals surface area contributed by atoms with Gasteiger partial charge in [-0.25, -0.2) is 13.8 Å². The number of hydrogen-bond acceptors (Lipinski definition) is 3. The van der Waals surface area contributed by atoms with E-state index in [1.165, 1.54) is 29.5 Å². The van der Waals surface area contributed by atoms with Crippen molar-refractivity contribution in [1.29, 1.82) is 0 Å². The molecule has 1 aliphatic rings. The zero-order valence-corrected chi connectivity index (χ0v) is 15.8. The summed E-state index contributed by atoms with van der Waals surface area (Å²) in [6.07, 6.45) is 0.721. The number of nitrogens with one attached hydrogen (secondary N) is 2. The minimum absolute atomic E-state index is 0.0564. The highest BCUT2D eigenvalue weighted by Gasteiger charge is 2.46. The smallest absolute Gasteiger partial charge is 0.224 e. The van der Waals surface area contributed by atoms with Gasteiger partial charge in [-0.3, -0.25) is 4.79 Å². The molecule has 2 N–H and O–H groups in total. The monoisotopic (exact) mass is 397 g/mol. The molecule has 1 fully saturated rings. The molecule has 2 aromatic heterocycles. The molecule has 2 aromatic carbocycles. The largest absolute Gasteiger partial charge is 0.348 e. The van der Waals surface area contributed by atoms with Gasteiger partial charge in [0.05, 0.1) is 22.0 Å². The van der Waals surface area contributed by atoms with Gasteiger partial charge < -0.3 is 10.3 Å². The van der Waals surface area contributed by atoms with Crippen LogP contribution >= 0.6 is 11.3 Å². The Hall–Kier alpha value is -2.80. The van der Waals surface area contributed by atoms with E-state index in [0.717, 1.165) is 23.3 Å². The van der Waals surface area contributed by atoms with E-state index in [-0.39, 0.29) is 17.7 Å². The van der Waals surface area contributed by atoms with Crippen molar-refractivity contribution in [2.45, 2.75) is 25.3 Å². The molecule has 4 aromatic rings. The first-order valence-corrected chi connectivity index (χ1v) is 9.95. The summed E-state index contributed by atoms with van der Waals surface area (Å²) in [6, 6.07) is 11.3. The molecule has 1 saturated carbocycles. The summed E-state index contributed by atoms with van der Waals surface area (Å²) in [4.78, 5) is 20.9. The summed E-state index contributed by atoms with van der Waals surface area (Å²) in [5.41, 5.74) is 1.84. The van der Waals surface area contributed by atoms with E-state index in [4.69, 9.17) is 0 Å². The molecule has 0 saturated heterocycles. The van der Waals surface area contributed by atoms with Crippen LogP contribution in [0.25, 0.3) is 21.1 Å². The van der Waals surface area contributed by atoms with Crippen molar-refractivity contribution < 1.29 is 13.6 Å². The number of carbonyl (C=O) groups is 1. The van der Waals surface area contributed by atoms with Crippen LogP contribution in [-0.2, 0) is 4.79 Å². The molecule has 0 aliphatic heterocycles. The van der Waals surface area contributed by atoms with Gasteiger partial charge in [-0.05, 0) is 43.7 Å². The maximum Gasteiger partial charge on any atom is 0.224 e. The van der Waals surface area contributed by atoms with Crippen molar-refractivity contribution in [3.8, 4) is 0 Å². The van der Waals surface area contributed by atoms with Gasteiger partial charge in [0.25, 0.3) is 0 Å². The van der Waals surface area contributed by atoms with Gasteiger partial charge in [0.15, 0.2) is 0 Å². The number of hydrogen-bond donors (Lipinski definition) is 2. The summed E-state index contributed by atoms with van der Waals surface area (Å²) in [6.45, 7) is 1.75. The summed E-state index contributed by atoms with van der Waals surface area (Å²) in [7, 11) is 0. The molecule has 1 amide bonds. The molecular formula is C21H17F2N3OS. The van der Waals surface area contributed by atoms with Crippen LogP contribution < -0.4 is 5.32 Å². The van der Waals surface area contributed by atoms with E-state index in [1.807, 2.05) is 24.3 Å². The number of thiophene rings is 1. The molecule has 142 valence electrons. The Morgan fingerprint density at radius 1 is 1.29 bits per heavy atom. The molecular weight excluding hydrogens is 380 g/mol. The molecule has 7 heteroatoms. The number of fused-ring (bicyclic) bond motifs is 2. The minimum Gasteiger partial charge on any atom is -0.348 e. The van der Waals surface area contributed by atoms with E-state index in [2.05, 4.69) is 15.3 Å². The Balaban J connectivity index is 1.31. The number of aromatic nitrogens is 2. The fourth-order valence-electron chi connectivity index (χ4n) is 3.66. The number of halogens is 2. The van der Waals surface area contributed by atoms with Crippen LogP contribution in [0.2, 0.25) is 0 Å². The van der Waals surface area contributed by atoms with E-state index in [1.54, 1.807) is 6.92 Å². The Labute approximate surface area is 163 Å². The van der Waals surface area contributed by atoms with Gasteiger partial charge in [0, 0.05) is 21.9 Å². The second kappa shape index (κ2) is 6.38. The number of aromatic amines is 1. The van der Waals surface area contributed by atoms with E-state index >= 15 is 0 Å². The molecule has 2 heterocycles. The number of nitrogens with zero attached hydrogens (tertiary/aromatic N) is 1. The number of para-hydroxylation sites is 2. The lowest BCUT2D eigenvalue weighted by Crippen LogP contribution is -2.28. The third-order valence-electron chi connectivity index (χ3n) is 5.25. The van der Waals surface area contributed by atoms with Gasteiger partial charge in [-0.15, -0.1) is 11.3 Å². The lowest BCUT2D eigenvalue weighted by atomic mass is 10.2. The Bertz CT molecular complexity index is 1180. The highest BCUT2D eigenvalue weighted by Crippen LogP contribution is 2.47. The van der Waals surface area contributed by atoms with Crippen molar-refractivity contribution >= 4 is 38.4 Å². The van der Waals surface area contributed by atoms with Gasteiger partial charge in [0.2, 0.25) is 5.91 Å². The van der Waals surface area contributed by atoms with Gasteiger partial charge in [-0.2, -0.15) is 0 Å². The topological polar surface area (TPSA) is 57.8 Å². The van der Waals surface area contributed by atoms with Crippen LogP contribution in [-0.4, -0.2) is 15.9 Å². The first kappa shape index (κ1) is 17.3. The molecule has 28 heavy (non-hydrogen) atoms. The number of amides is 1. The van der Waals surface area contributed by atoms with Crippen molar-refractivity contribution in [3.63, 3.8) is 0 Å². The van der Waals surface area contributed by atoms with E-state index < -0.39 is 17.7 Å². The molecule has 3 atom stereocenters. The molecule has 4 nitrogen and oxygen atoms in total.